The SMILES string of the molecule is CCC(CC)(CC)C[C@@H]1N[C@@H](C(=O)NCC[C@H](O)CO)[C@H](c2cccc(Cl)c2F)[C@@]1(C#N)c1ccc(Cl)cc1F. The number of amides is 1. The Bertz CT molecular complexity index is 1230. The molecule has 10 heteroatoms. The first-order chi connectivity index (χ1) is 19.0. The molecule has 1 saturated heterocycles. The van der Waals surface area contributed by atoms with E-state index < -0.39 is 53.7 Å². The zero-order chi connectivity index (χ0) is 29.7. The maximum absolute atomic E-state index is 15.8. The van der Waals surface area contributed by atoms with E-state index in [1.807, 2.05) is 0 Å². The topological polar surface area (TPSA) is 105 Å². The zero-order valence-electron chi connectivity index (χ0n) is 23.0. The highest BCUT2D eigenvalue weighted by Gasteiger charge is 2.61. The van der Waals surface area contributed by atoms with Gasteiger partial charge in [0.1, 0.15) is 17.0 Å². The Kier molecular flexibility index (Phi) is 11.0. The van der Waals surface area contributed by atoms with Gasteiger partial charge in [-0.2, -0.15) is 5.26 Å². The normalized spacial score (nSPS) is 23.6. The molecule has 2 aromatic rings. The quantitative estimate of drug-likeness (QED) is 0.255. The van der Waals surface area contributed by atoms with E-state index in [4.69, 9.17) is 28.3 Å². The second-order valence-electron chi connectivity index (χ2n) is 10.6. The molecule has 0 saturated carbocycles. The first kappa shape index (κ1) is 32.2. The van der Waals surface area contributed by atoms with Crippen LogP contribution in [0.15, 0.2) is 36.4 Å². The molecule has 1 aliphatic heterocycles. The lowest BCUT2D eigenvalue weighted by Gasteiger charge is -2.40. The van der Waals surface area contributed by atoms with Gasteiger partial charge in [-0.15, -0.1) is 0 Å². The van der Waals surface area contributed by atoms with E-state index in [-0.39, 0.29) is 39.6 Å². The van der Waals surface area contributed by atoms with Crippen molar-refractivity contribution in [3.05, 3.63) is 69.2 Å². The number of hydrogen-bond donors (Lipinski definition) is 4. The third kappa shape index (κ3) is 6.14. The number of hydrogen-bond acceptors (Lipinski definition) is 5. The molecule has 5 atom stereocenters. The molecule has 218 valence electrons. The molecule has 0 spiro atoms. The van der Waals surface area contributed by atoms with Gasteiger partial charge in [-0.25, -0.2) is 8.78 Å². The number of nitriles is 1. The van der Waals surface area contributed by atoms with Gasteiger partial charge in [-0.3, -0.25) is 4.79 Å². The number of aliphatic hydroxyl groups is 2. The minimum atomic E-state index is -1.71. The second-order valence-corrected chi connectivity index (χ2v) is 11.4. The fraction of sp³-hybridized carbons (Fsp3) is 0.533. The molecule has 4 N–H and O–H groups in total. The van der Waals surface area contributed by atoms with Gasteiger partial charge in [-0.1, -0.05) is 81.4 Å². The molecule has 0 radical (unpaired) electrons. The van der Waals surface area contributed by atoms with Crippen LogP contribution >= 0.6 is 23.2 Å². The average Bonchev–Trinajstić information content (AvgIpc) is 3.27. The summed E-state index contributed by atoms with van der Waals surface area (Å²) in [6.45, 7) is 5.75. The Labute approximate surface area is 244 Å². The highest BCUT2D eigenvalue weighted by atomic mass is 35.5. The number of aliphatic hydroxyl groups excluding tert-OH is 2. The van der Waals surface area contributed by atoms with Gasteiger partial charge >= 0.3 is 0 Å². The van der Waals surface area contributed by atoms with Crippen molar-refractivity contribution in [2.75, 3.05) is 13.2 Å². The van der Waals surface area contributed by atoms with Crippen LogP contribution in [0.2, 0.25) is 10.0 Å². The van der Waals surface area contributed by atoms with E-state index in [0.717, 1.165) is 25.3 Å². The molecule has 0 aliphatic carbocycles. The number of halogens is 4. The van der Waals surface area contributed by atoms with Crippen LogP contribution in [0.5, 0.6) is 0 Å². The minimum Gasteiger partial charge on any atom is -0.394 e. The largest absolute Gasteiger partial charge is 0.394 e. The van der Waals surface area contributed by atoms with Crippen molar-refractivity contribution in [3.63, 3.8) is 0 Å². The molecule has 1 fully saturated rings. The monoisotopic (exact) mass is 595 g/mol. The van der Waals surface area contributed by atoms with E-state index in [1.54, 1.807) is 0 Å². The lowest BCUT2D eigenvalue weighted by atomic mass is 9.61. The molecule has 0 unspecified atom stereocenters. The van der Waals surface area contributed by atoms with Gasteiger partial charge in [-0.05, 0) is 42.0 Å². The molecule has 2 aromatic carbocycles. The third-order valence-electron chi connectivity index (χ3n) is 8.79. The maximum atomic E-state index is 15.8. The van der Waals surface area contributed by atoms with Crippen LogP contribution in [0.4, 0.5) is 8.78 Å². The molecule has 1 aliphatic rings. The summed E-state index contributed by atoms with van der Waals surface area (Å²) in [5.41, 5.74) is -1.90. The van der Waals surface area contributed by atoms with Gasteiger partial charge in [0.25, 0.3) is 0 Å². The fourth-order valence-electron chi connectivity index (χ4n) is 6.12. The summed E-state index contributed by atoms with van der Waals surface area (Å²) in [5, 5.41) is 35.9. The van der Waals surface area contributed by atoms with E-state index >= 15 is 8.78 Å². The Morgan fingerprint density at radius 2 is 1.88 bits per heavy atom. The molecular formula is C30H37Cl2F2N3O3. The summed E-state index contributed by atoms with van der Waals surface area (Å²) in [6.07, 6.45) is 1.86. The lowest BCUT2D eigenvalue weighted by Crippen LogP contribution is -2.46. The van der Waals surface area contributed by atoms with Crippen LogP contribution in [-0.2, 0) is 10.2 Å². The molecule has 3 rings (SSSR count). The van der Waals surface area contributed by atoms with Crippen LogP contribution in [0.1, 0.15) is 69.9 Å². The van der Waals surface area contributed by atoms with Gasteiger partial charge in [0, 0.05) is 29.1 Å². The molecule has 6 nitrogen and oxygen atoms in total. The van der Waals surface area contributed by atoms with Gasteiger partial charge in [0.15, 0.2) is 0 Å². The third-order valence-corrected chi connectivity index (χ3v) is 9.32. The van der Waals surface area contributed by atoms with Crippen molar-refractivity contribution in [2.45, 2.75) is 82.4 Å². The first-order valence-electron chi connectivity index (χ1n) is 13.7. The van der Waals surface area contributed by atoms with Crippen LogP contribution in [0.25, 0.3) is 0 Å². The van der Waals surface area contributed by atoms with Crippen molar-refractivity contribution in [1.82, 2.24) is 10.6 Å². The van der Waals surface area contributed by atoms with Crippen molar-refractivity contribution in [1.29, 1.82) is 5.26 Å². The Hall–Kier alpha value is -2.28. The number of benzene rings is 2. The van der Waals surface area contributed by atoms with Crippen molar-refractivity contribution >= 4 is 29.1 Å². The number of carbonyl (C=O) groups is 1. The van der Waals surface area contributed by atoms with Gasteiger partial charge in [0.2, 0.25) is 5.91 Å². The van der Waals surface area contributed by atoms with Crippen LogP contribution in [0.3, 0.4) is 0 Å². The maximum Gasteiger partial charge on any atom is 0.237 e. The number of rotatable bonds is 12. The molecule has 0 bridgehead atoms. The smallest absolute Gasteiger partial charge is 0.237 e. The van der Waals surface area contributed by atoms with Gasteiger partial charge in [0.05, 0.1) is 29.8 Å². The van der Waals surface area contributed by atoms with Crippen molar-refractivity contribution in [2.24, 2.45) is 5.41 Å². The standard InChI is InChI=1S/C30H37Cl2F2N3O3/c1-4-29(5-2,6-3)15-24-30(17-35,21-11-10-18(31)14-23(21)33)25(20-8-7-9-22(32)26(20)34)27(37-24)28(40)36-13-12-19(39)16-38/h7-11,14,19,24-25,27,37-39H,4-6,12-13,15-16H2,1-3H3,(H,36,40)/t19-,24-,25-,27+,30-/m0/s1. The van der Waals surface area contributed by atoms with Crippen molar-refractivity contribution in [3.8, 4) is 6.07 Å². The van der Waals surface area contributed by atoms with Crippen LogP contribution in [-0.4, -0.2) is 47.5 Å². The predicted molar refractivity (Wildman–Crippen MR) is 152 cm³/mol. The summed E-state index contributed by atoms with van der Waals surface area (Å²) in [7, 11) is 0. The average molecular weight is 597 g/mol. The molecule has 40 heavy (non-hydrogen) atoms. The summed E-state index contributed by atoms with van der Waals surface area (Å²) >= 11 is 12.3. The highest BCUT2D eigenvalue weighted by Crippen LogP contribution is 2.54. The minimum absolute atomic E-state index is 0.0176. The van der Waals surface area contributed by atoms with Gasteiger partial charge < -0.3 is 20.8 Å². The molecule has 1 amide bonds. The van der Waals surface area contributed by atoms with E-state index in [9.17, 15) is 15.2 Å². The van der Waals surface area contributed by atoms with Crippen molar-refractivity contribution < 1.29 is 23.8 Å². The number of nitrogens with one attached hydrogen (secondary N) is 2. The Morgan fingerprint density at radius 3 is 2.45 bits per heavy atom. The summed E-state index contributed by atoms with van der Waals surface area (Å²) in [4.78, 5) is 13.7. The molecular weight excluding hydrogens is 559 g/mol. The Morgan fingerprint density at radius 1 is 1.20 bits per heavy atom. The highest BCUT2D eigenvalue weighted by molar-refractivity contribution is 6.31. The zero-order valence-corrected chi connectivity index (χ0v) is 24.5. The van der Waals surface area contributed by atoms with Crippen LogP contribution in [0, 0.1) is 28.4 Å². The Balaban J connectivity index is 2.28. The van der Waals surface area contributed by atoms with E-state index in [0.29, 0.717) is 6.42 Å². The van der Waals surface area contributed by atoms with E-state index in [1.165, 1.54) is 30.3 Å². The van der Waals surface area contributed by atoms with E-state index in [2.05, 4.69) is 37.5 Å². The summed E-state index contributed by atoms with van der Waals surface area (Å²) < 4.78 is 31.5. The molecule has 1 heterocycles. The van der Waals surface area contributed by atoms with Crippen LogP contribution < -0.4 is 10.6 Å². The predicted octanol–water partition coefficient (Wildman–Crippen LogP) is 5.62. The second kappa shape index (κ2) is 13.6. The first-order valence-corrected chi connectivity index (χ1v) is 14.4. The number of carbonyl (C=O) groups excluding carboxylic acids is 1. The molecule has 0 aromatic heterocycles. The lowest BCUT2D eigenvalue weighted by molar-refractivity contribution is -0.123. The number of nitrogens with zero attached hydrogens (tertiary/aromatic N) is 1. The fourth-order valence-corrected chi connectivity index (χ4v) is 6.46. The summed E-state index contributed by atoms with van der Waals surface area (Å²) in [6, 6.07) is 8.90. The summed E-state index contributed by atoms with van der Waals surface area (Å²) in [5.74, 6) is -3.22.